The van der Waals surface area contributed by atoms with Gasteiger partial charge in [-0.25, -0.2) is 0 Å². The normalized spacial score (nSPS) is 19.1. The zero-order valence-corrected chi connectivity index (χ0v) is 11.7. The molecule has 20 heavy (non-hydrogen) atoms. The Balaban J connectivity index is 1.72. The van der Waals surface area contributed by atoms with Gasteiger partial charge in [-0.1, -0.05) is 6.92 Å². The summed E-state index contributed by atoms with van der Waals surface area (Å²) in [6.07, 6.45) is 6.16. The third-order valence-electron chi connectivity index (χ3n) is 4.28. The van der Waals surface area contributed by atoms with E-state index in [4.69, 9.17) is 0 Å². The summed E-state index contributed by atoms with van der Waals surface area (Å²) >= 11 is 0. The number of hydrogen-bond acceptors (Lipinski definition) is 3. The number of likely N-dealkylation sites (tertiary alicyclic amines) is 1. The van der Waals surface area contributed by atoms with Gasteiger partial charge in [0.25, 0.3) is 0 Å². The molecule has 2 aliphatic heterocycles. The van der Waals surface area contributed by atoms with Crippen molar-refractivity contribution in [3.8, 4) is 0 Å². The lowest BCUT2D eigenvalue weighted by Gasteiger charge is -2.30. The number of carbonyl (C=O) groups excluding carboxylic acids is 2. The first kappa shape index (κ1) is 13.1. The van der Waals surface area contributed by atoms with Crippen LogP contribution in [0.2, 0.25) is 0 Å². The maximum absolute atomic E-state index is 12.4. The molecule has 3 heterocycles. The average Bonchev–Trinajstić information content (AvgIpc) is 2.90. The third kappa shape index (κ3) is 2.28. The van der Waals surface area contributed by atoms with Gasteiger partial charge in [0.15, 0.2) is 0 Å². The second-order valence-electron chi connectivity index (χ2n) is 5.69. The Morgan fingerprint density at radius 2 is 1.95 bits per heavy atom. The fraction of sp³-hybridized carbons (Fsp3) is 0.533. The van der Waals surface area contributed by atoms with Gasteiger partial charge in [0, 0.05) is 25.8 Å². The highest BCUT2D eigenvalue weighted by atomic mass is 16.2. The Bertz CT molecular complexity index is 536. The highest BCUT2D eigenvalue weighted by molar-refractivity contribution is 6.40. The number of carbonyl (C=O) groups is 2. The second-order valence-corrected chi connectivity index (χ2v) is 5.69. The number of piperidine rings is 1. The summed E-state index contributed by atoms with van der Waals surface area (Å²) in [6.45, 7) is 4.15. The van der Waals surface area contributed by atoms with E-state index in [1.54, 1.807) is 22.2 Å². The van der Waals surface area contributed by atoms with E-state index in [2.05, 4.69) is 11.9 Å². The zero-order valence-electron chi connectivity index (χ0n) is 11.7. The number of fused-ring (bicyclic) bond motifs is 1. The van der Waals surface area contributed by atoms with Gasteiger partial charge in [0.1, 0.15) is 0 Å². The van der Waals surface area contributed by atoms with Gasteiger partial charge in [-0.15, -0.1) is 0 Å². The molecule has 3 rings (SSSR count). The predicted molar refractivity (Wildman–Crippen MR) is 75.3 cm³/mol. The minimum atomic E-state index is -0.411. The van der Waals surface area contributed by atoms with E-state index in [1.807, 2.05) is 6.07 Å². The molecule has 0 unspecified atom stereocenters. The van der Waals surface area contributed by atoms with E-state index in [0.29, 0.717) is 25.6 Å². The van der Waals surface area contributed by atoms with Crippen LogP contribution in [0.15, 0.2) is 18.5 Å². The first-order chi connectivity index (χ1) is 9.66. The molecule has 5 heteroatoms. The van der Waals surface area contributed by atoms with Crippen LogP contribution in [0.5, 0.6) is 0 Å². The SMILES string of the molecule is CC1CCN(C(=O)C(=O)N2CCc3ccncc32)CC1. The molecule has 0 aromatic carbocycles. The summed E-state index contributed by atoms with van der Waals surface area (Å²) in [6, 6.07) is 1.91. The predicted octanol–water partition coefficient (Wildman–Crippen LogP) is 1.23. The van der Waals surface area contributed by atoms with E-state index >= 15 is 0 Å². The lowest BCUT2D eigenvalue weighted by atomic mass is 9.99. The number of nitrogens with zero attached hydrogens (tertiary/aromatic N) is 3. The summed E-state index contributed by atoms with van der Waals surface area (Å²) in [4.78, 5) is 32.0. The van der Waals surface area contributed by atoms with Crippen molar-refractivity contribution in [1.82, 2.24) is 9.88 Å². The van der Waals surface area contributed by atoms with E-state index in [-0.39, 0.29) is 5.91 Å². The maximum atomic E-state index is 12.4. The summed E-state index contributed by atoms with van der Waals surface area (Å²) in [5.41, 5.74) is 1.88. The van der Waals surface area contributed by atoms with E-state index in [9.17, 15) is 9.59 Å². The Labute approximate surface area is 118 Å². The fourth-order valence-electron chi connectivity index (χ4n) is 2.90. The van der Waals surface area contributed by atoms with Crippen molar-refractivity contribution in [2.24, 2.45) is 5.92 Å². The molecular weight excluding hydrogens is 254 g/mol. The summed E-state index contributed by atoms with van der Waals surface area (Å²) in [5, 5.41) is 0. The van der Waals surface area contributed by atoms with Gasteiger partial charge >= 0.3 is 11.8 Å². The molecule has 0 aliphatic carbocycles. The van der Waals surface area contributed by atoms with Crippen molar-refractivity contribution in [1.29, 1.82) is 0 Å². The molecule has 2 amide bonds. The molecule has 0 radical (unpaired) electrons. The molecule has 106 valence electrons. The highest BCUT2D eigenvalue weighted by Crippen LogP contribution is 2.27. The molecule has 1 saturated heterocycles. The van der Waals surface area contributed by atoms with Crippen LogP contribution in [0.3, 0.4) is 0 Å². The Hall–Kier alpha value is -1.91. The number of rotatable bonds is 0. The lowest BCUT2D eigenvalue weighted by molar-refractivity contribution is -0.145. The molecule has 0 N–H and O–H groups in total. The topological polar surface area (TPSA) is 53.5 Å². The van der Waals surface area contributed by atoms with Crippen LogP contribution in [0, 0.1) is 5.92 Å². The first-order valence-corrected chi connectivity index (χ1v) is 7.20. The van der Waals surface area contributed by atoms with E-state index in [1.165, 1.54) is 0 Å². The van der Waals surface area contributed by atoms with Crippen molar-refractivity contribution in [2.45, 2.75) is 26.2 Å². The number of hydrogen-bond donors (Lipinski definition) is 0. The molecule has 1 fully saturated rings. The van der Waals surface area contributed by atoms with Gasteiger partial charge in [-0.05, 0) is 36.8 Å². The minimum absolute atomic E-state index is 0.367. The lowest BCUT2D eigenvalue weighted by Crippen LogP contribution is -2.47. The van der Waals surface area contributed by atoms with Crippen LogP contribution in [-0.4, -0.2) is 41.3 Å². The molecule has 0 saturated carbocycles. The number of amides is 2. The quantitative estimate of drug-likeness (QED) is 0.668. The Morgan fingerprint density at radius 1 is 1.20 bits per heavy atom. The van der Waals surface area contributed by atoms with Crippen molar-refractivity contribution in [3.05, 3.63) is 24.0 Å². The van der Waals surface area contributed by atoms with Crippen LogP contribution in [-0.2, 0) is 16.0 Å². The number of anilines is 1. The summed E-state index contributed by atoms with van der Waals surface area (Å²) < 4.78 is 0. The van der Waals surface area contributed by atoms with Crippen molar-refractivity contribution in [3.63, 3.8) is 0 Å². The van der Waals surface area contributed by atoms with Crippen LogP contribution >= 0.6 is 0 Å². The van der Waals surface area contributed by atoms with Crippen molar-refractivity contribution in [2.75, 3.05) is 24.5 Å². The van der Waals surface area contributed by atoms with Gasteiger partial charge in [-0.3, -0.25) is 14.6 Å². The van der Waals surface area contributed by atoms with E-state index < -0.39 is 5.91 Å². The zero-order chi connectivity index (χ0) is 14.1. The van der Waals surface area contributed by atoms with Crippen LogP contribution < -0.4 is 4.90 Å². The van der Waals surface area contributed by atoms with Crippen LogP contribution in [0.4, 0.5) is 5.69 Å². The maximum Gasteiger partial charge on any atom is 0.316 e. The van der Waals surface area contributed by atoms with Gasteiger partial charge in [-0.2, -0.15) is 0 Å². The van der Waals surface area contributed by atoms with Crippen LogP contribution in [0.1, 0.15) is 25.3 Å². The van der Waals surface area contributed by atoms with Crippen LogP contribution in [0.25, 0.3) is 0 Å². The molecule has 5 nitrogen and oxygen atoms in total. The third-order valence-corrected chi connectivity index (χ3v) is 4.28. The summed E-state index contributed by atoms with van der Waals surface area (Å²) in [5.74, 6) is -0.134. The first-order valence-electron chi connectivity index (χ1n) is 7.20. The number of aromatic nitrogens is 1. The molecule has 0 bridgehead atoms. The molecule has 0 atom stereocenters. The van der Waals surface area contributed by atoms with Crippen molar-refractivity contribution < 1.29 is 9.59 Å². The molecule has 2 aliphatic rings. The average molecular weight is 273 g/mol. The largest absolute Gasteiger partial charge is 0.334 e. The molecule has 1 aromatic heterocycles. The Kier molecular flexibility index (Phi) is 3.42. The number of pyridine rings is 1. The smallest absolute Gasteiger partial charge is 0.316 e. The minimum Gasteiger partial charge on any atom is -0.334 e. The van der Waals surface area contributed by atoms with Crippen molar-refractivity contribution >= 4 is 17.5 Å². The fourth-order valence-corrected chi connectivity index (χ4v) is 2.90. The second kappa shape index (κ2) is 5.23. The van der Waals surface area contributed by atoms with Gasteiger partial charge in [0.2, 0.25) is 0 Å². The monoisotopic (exact) mass is 273 g/mol. The van der Waals surface area contributed by atoms with Gasteiger partial charge in [0.05, 0.1) is 11.9 Å². The van der Waals surface area contributed by atoms with Gasteiger partial charge < -0.3 is 9.80 Å². The molecule has 0 spiro atoms. The highest BCUT2D eigenvalue weighted by Gasteiger charge is 2.33. The molecule has 1 aromatic rings. The summed E-state index contributed by atoms with van der Waals surface area (Å²) in [7, 11) is 0. The Morgan fingerprint density at radius 3 is 2.70 bits per heavy atom. The molecular formula is C15H19N3O2. The van der Waals surface area contributed by atoms with E-state index in [0.717, 1.165) is 30.5 Å². The standard InChI is InChI=1S/C15H19N3O2/c1-11-3-7-17(8-4-11)14(19)15(20)18-9-5-12-2-6-16-10-13(12)18/h2,6,10-11H,3-5,7-9H2,1H3.